The van der Waals surface area contributed by atoms with Crippen molar-refractivity contribution in [3.63, 3.8) is 0 Å². The van der Waals surface area contributed by atoms with Crippen LogP contribution in [0, 0.1) is 5.92 Å². The molecule has 2 N–H and O–H groups in total. The second kappa shape index (κ2) is 16.8. The molecule has 2 atom stereocenters. The number of nitrogens with zero attached hydrogens (tertiary/aromatic N) is 3. The van der Waals surface area contributed by atoms with E-state index in [0.29, 0.717) is 6.04 Å². The topological polar surface area (TPSA) is 42.9 Å². The summed E-state index contributed by atoms with van der Waals surface area (Å²) in [6, 6.07) is 0.464. The van der Waals surface area contributed by atoms with Crippen molar-refractivity contribution in [2.75, 3.05) is 52.9 Å². The Labute approximate surface area is 186 Å². The summed E-state index contributed by atoms with van der Waals surface area (Å²) in [5.74, 6) is 1.83. The van der Waals surface area contributed by atoms with E-state index in [1.54, 1.807) is 0 Å². The fourth-order valence-corrected chi connectivity index (χ4v) is 3.82. The predicted molar refractivity (Wildman–Crippen MR) is 130 cm³/mol. The molecule has 1 heterocycles. The van der Waals surface area contributed by atoms with Crippen LogP contribution in [0.4, 0.5) is 0 Å². The molecule has 5 nitrogen and oxygen atoms in total. The Kier molecular flexibility index (Phi) is 16.8. The number of rotatable bonds is 12. The van der Waals surface area contributed by atoms with Crippen LogP contribution in [0.3, 0.4) is 0 Å². The van der Waals surface area contributed by atoms with E-state index in [9.17, 15) is 0 Å². The van der Waals surface area contributed by atoms with Gasteiger partial charge in [-0.05, 0) is 84.1 Å². The lowest BCUT2D eigenvalue weighted by molar-refractivity contribution is 0.181. The van der Waals surface area contributed by atoms with Crippen LogP contribution < -0.4 is 10.6 Å². The molecule has 2 unspecified atom stereocenters. The molecule has 1 aliphatic rings. The fourth-order valence-electron chi connectivity index (χ4n) is 3.82. The van der Waals surface area contributed by atoms with Crippen LogP contribution in [-0.4, -0.2) is 74.7 Å². The second-order valence-electron chi connectivity index (χ2n) is 7.97. The quantitative estimate of drug-likeness (QED) is 0.187. The van der Waals surface area contributed by atoms with Crippen LogP contribution in [-0.2, 0) is 0 Å². The van der Waals surface area contributed by atoms with Crippen molar-refractivity contribution in [1.82, 2.24) is 20.4 Å². The van der Waals surface area contributed by atoms with Crippen molar-refractivity contribution < 1.29 is 0 Å². The van der Waals surface area contributed by atoms with Gasteiger partial charge in [-0.3, -0.25) is 4.99 Å². The first-order chi connectivity index (χ1) is 12.6. The molecular weight excluding hydrogens is 449 g/mol. The number of hydrogen-bond donors (Lipinski definition) is 2. The molecule has 0 bridgehead atoms. The lowest BCUT2D eigenvalue weighted by Gasteiger charge is -2.30. The van der Waals surface area contributed by atoms with Crippen LogP contribution in [0.5, 0.6) is 0 Å². The third-order valence-electron chi connectivity index (χ3n) is 5.55. The van der Waals surface area contributed by atoms with Crippen molar-refractivity contribution in [2.45, 2.75) is 72.3 Å². The van der Waals surface area contributed by atoms with Gasteiger partial charge < -0.3 is 20.4 Å². The van der Waals surface area contributed by atoms with Gasteiger partial charge in [0.25, 0.3) is 0 Å². The smallest absolute Gasteiger partial charge is 0.191 e. The summed E-state index contributed by atoms with van der Waals surface area (Å²) in [6.07, 6.45) is 7.69. The van der Waals surface area contributed by atoms with Crippen LogP contribution in [0.2, 0.25) is 0 Å². The maximum Gasteiger partial charge on any atom is 0.191 e. The Morgan fingerprint density at radius 1 is 1.22 bits per heavy atom. The van der Waals surface area contributed by atoms with E-state index in [1.165, 1.54) is 64.7 Å². The molecule has 27 heavy (non-hydrogen) atoms. The highest BCUT2D eigenvalue weighted by Gasteiger charge is 2.15. The number of likely N-dealkylation sites (tertiary alicyclic amines) is 1. The van der Waals surface area contributed by atoms with Gasteiger partial charge in [0.1, 0.15) is 0 Å². The number of aliphatic imine (C=N–C) groups is 1. The molecule has 162 valence electrons. The highest BCUT2D eigenvalue weighted by atomic mass is 127. The Morgan fingerprint density at radius 3 is 2.59 bits per heavy atom. The molecule has 0 aromatic heterocycles. The minimum Gasteiger partial charge on any atom is -0.356 e. The first-order valence-electron chi connectivity index (χ1n) is 11.0. The number of nitrogens with one attached hydrogen (secondary N) is 2. The lowest BCUT2D eigenvalue weighted by atomic mass is 10.0. The monoisotopic (exact) mass is 495 g/mol. The molecule has 1 saturated heterocycles. The molecule has 0 radical (unpaired) electrons. The summed E-state index contributed by atoms with van der Waals surface area (Å²) in [5.41, 5.74) is 0. The van der Waals surface area contributed by atoms with Gasteiger partial charge in [0.05, 0.1) is 0 Å². The van der Waals surface area contributed by atoms with Crippen molar-refractivity contribution in [3.8, 4) is 0 Å². The van der Waals surface area contributed by atoms with E-state index in [-0.39, 0.29) is 24.0 Å². The third kappa shape index (κ3) is 12.9. The van der Waals surface area contributed by atoms with Gasteiger partial charge in [0.2, 0.25) is 0 Å². The molecule has 6 heteroatoms. The van der Waals surface area contributed by atoms with E-state index < -0.39 is 0 Å². The second-order valence-corrected chi connectivity index (χ2v) is 7.97. The van der Waals surface area contributed by atoms with E-state index in [2.05, 4.69) is 53.1 Å². The lowest BCUT2D eigenvalue weighted by Crippen LogP contribution is -2.43. The van der Waals surface area contributed by atoms with Crippen molar-refractivity contribution >= 4 is 29.9 Å². The predicted octanol–water partition coefficient (Wildman–Crippen LogP) is 3.79. The van der Waals surface area contributed by atoms with Crippen LogP contribution >= 0.6 is 24.0 Å². The fraction of sp³-hybridized carbons (Fsp3) is 0.952. The van der Waals surface area contributed by atoms with Gasteiger partial charge in [-0.25, -0.2) is 0 Å². The Morgan fingerprint density at radius 2 is 1.96 bits per heavy atom. The minimum atomic E-state index is 0. The molecule has 0 aromatic carbocycles. The maximum atomic E-state index is 4.37. The zero-order valence-corrected chi connectivity index (χ0v) is 20.9. The zero-order valence-electron chi connectivity index (χ0n) is 18.6. The van der Waals surface area contributed by atoms with Crippen LogP contribution in [0.25, 0.3) is 0 Å². The average Bonchev–Trinajstić information content (AvgIpc) is 2.64. The molecule has 1 rings (SSSR count). The molecule has 1 aliphatic heterocycles. The van der Waals surface area contributed by atoms with Crippen molar-refractivity contribution in [3.05, 3.63) is 0 Å². The summed E-state index contributed by atoms with van der Waals surface area (Å²) in [6.45, 7) is 17.5. The van der Waals surface area contributed by atoms with Gasteiger partial charge in [0, 0.05) is 26.2 Å². The maximum absolute atomic E-state index is 4.37. The number of unbranched alkanes of at least 4 members (excludes halogenated alkanes) is 1. The number of hydrogen-bond acceptors (Lipinski definition) is 3. The number of piperidine rings is 1. The van der Waals surface area contributed by atoms with Crippen LogP contribution in [0.15, 0.2) is 4.99 Å². The van der Waals surface area contributed by atoms with E-state index in [4.69, 9.17) is 0 Å². The molecule has 0 amide bonds. The highest BCUT2D eigenvalue weighted by Crippen LogP contribution is 2.15. The summed E-state index contributed by atoms with van der Waals surface area (Å²) >= 11 is 0. The first-order valence-corrected chi connectivity index (χ1v) is 11.0. The van der Waals surface area contributed by atoms with Gasteiger partial charge in [-0.15, -0.1) is 24.0 Å². The number of guanidine groups is 1. The Hall–Kier alpha value is -0.0800. The van der Waals surface area contributed by atoms with Gasteiger partial charge in [-0.1, -0.05) is 20.8 Å². The number of halogens is 1. The molecular formula is C21H46IN5. The normalized spacial score (nSPS) is 19.6. The third-order valence-corrected chi connectivity index (χ3v) is 5.55. The van der Waals surface area contributed by atoms with E-state index in [0.717, 1.165) is 31.5 Å². The van der Waals surface area contributed by atoms with Gasteiger partial charge >= 0.3 is 0 Å². The molecule has 0 aromatic rings. The largest absolute Gasteiger partial charge is 0.356 e. The average molecular weight is 496 g/mol. The molecule has 1 fully saturated rings. The zero-order chi connectivity index (χ0) is 19.2. The summed E-state index contributed by atoms with van der Waals surface area (Å²) < 4.78 is 0. The van der Waals surface area contributed by atoms with E-state index >= 15 is 0 Å². The Balaban J connectivity index is 0.00000676. The molecule has 0 saturated carbocycles. The standard InChI is InChI=1S/C21H45N5.HI/c1-6-25(7-2)16-11-13-20(4)24-21(22-5)23-14-8-9-15-26-17-10-12-19(3)18-26;/h19-20H,6-18H2,1-5H3,(H2,22,23,24);1H. The van der Waals surface area contributed by atoms with E-state index in [1.807, 2.05) is 7.05 Å². The highest BCUT2D eigenvalue weighted by molar-refractivity contribution is 14.0. The van der Waals surface area contributed by atoms with Gasteiger partial charge in [0.15, 0.2) is 5.96 Å². The minimum absolute atomic E-state index is 0. The SMILES string of the molecule is CCN(CC)CCCC(C)NC(=NC)NCCCCN1CCCC(C)C1.I. The molecule has 0 spiro atoms. The first kappa shape index (κ1) is 26.9. The van der Waals surface area contributed by atoms with Crippen molar-refractivity contribution in [2.24, 2.45) is 10.9 Å². The summed E-state index contributed by atoms with van der Waals surface area (Å²) in [5, 5.41) is 7.01. The summed E-state index contributed by atoms with van der Waals surface area (Å²) in [7, 11) is 1.87. The Bertz CT molecular complexity index is 374. The summed E-state index contributed by atoms with van der Waals surface area (Å²) in [4.78, 5) is 9.50. The van der Waals surface area contributed by atoms with Crippen molar-refractivity contribution in [1.29, 1.82) is 0 Å². The van der Waals surface area contributed by atoms with Gasteiger partial charge in [-0.2, -0.15) is 0 Å². The molecule has 0 aliphatic carbocycles. The van der Waals surface area contributed by atoms with Crippen LogP contribution in [0.1, 0.15) is 66.2 Å².